The average Bonchev–Trinajstić information content (AvgIpc) is 3.05. The standard InChI is InChI=1S/C39H76O7/c1-3-5-7-21-27-35(41)29-23-17-13-9-11-15-19-25-31-38(43)45-34-37(33-40)46-39(44)32-26-20-16-12-10-14-18-24-30-36(42)28-22-8-6-4-2/h35-37,40-42H,3-34H2,1-2H3. The fourth-order valence-electron chi connectivity index (χ4n) is 5.95. The Bertz CT molecular complexity index is 656. The van der Waals surface area contributed by atoms with E-state index in [4.69, 9.17) is 9.47 Å². The van der Waals surface area contributed by atoms with Crippen LogP contribution in [0, 0.1) is 0 Å². The van der Waals surface area contributed by atoms with E-state index in [1.165, 1.54) is 83.5 Å². The Hall–Kier alpha value is -1.18. The van der Waals surface area contributed by atoms with Crippen LogP contribution in [0.3, 0.4) is 0 Å². The van der Waals surface area contributed by atoms with Crippen molar-refractivity contribution in [1.29, 1.82) is 0 Å². The zero-order valence-corrected chi connectivity index (χ0v) is 30.3. The van der Waals surface area contributed by atoms with Crippen LogP contribution in [0.4, 0.5) is 0 Å². The summed E-state index contributed by atoms with van der Waals surface area (Å²) in [6.45, 7) is 3.97. The Morgan fingerprint density at radius 2 is 0.804 bits per heavy atom. The molecule has 0 radical (unpaired) electrons. The predicted octanol–water partition coefficient (Wildman–Crippen LogP) is 9.90. The number of ether oxygens (including phenoxy) is 2. The van der Waals surface area contributed by atoms with Crippen LogP contribution in [0.1, 0.15) is 206 Å². The van der Waals surface area contributed by atoms with Crippen LogP contribution in [0.25, 0.3) is 0 Å². The van der Waals surface area contributed by atoms with E-state index in [1.807, 2.05) is 0 Å². The molecule has 3 N–H and O–H groups in total. The highest BCUT2D eigenvalue weighted by molar-refractivity contribution is 5.70. The Morgan fingerprint density at radius 3 is 1.17 bits per heavy atom. The molecule has 3 atom stereocenters. The van der Waals surface area contributed by atoms with E-state index in [0.29, 0.717) is 12.8 Å². The van der Waals surface area contributed by atoms with Crippen molar-refractivity contribution >= 4 is 11.9 Å². The van der Waals surface area contributed by atoms with Crippen LogP contribution in [0.15, 0.2) is 0 Å². The zero-order chi connectivity index (χ0) is 33.9. The monoisotopic (exact) mass is 657 g/mol. The molecule has 0 saturated heterocycles. The highest BCUT2D eigenvalue weighted by atomic mass is 16.6. The van der Waals surface area contributed by atoms with Gasteiger partial charge in [0.1, 0.15) is 6.61 Å². The Labute approximate surface area is 284 Å². The first-order valence-corrected chi connectivity index (χ1v) is 19.7. The molecule has 46 heavy (non-hydrogen) atoms. The van der Waals surface area contributed by atoms with Gasteiger partial charge in [-0.2, -0.15) is 0 Å². The van der Waals surface area contributed by atoms with E-state index in [2.05, 4.69) is 13.8 Å². The minimum absolute atomic E-state index is 0.0929. The highest BCUT2D eigenvalue weighted by Gasteiger charge is 2.16. The molecule has 0 saturated carbocycles. The topological polar surface area (TPSA) is 113 Å². The zero-order valence-electron chi connectivity index (χ0n) is 30.3. The second-order valence-corrected chi connectivity index (χ2v) is 13.7. The maximum atomic E-state index is 12.2. The van der Waals surface area contributed by atoms with Crippen LogP contribution in [0.5, 0.6) is 0 Å². The minimum atomic E-state index is -0.798. The summed E-state index contributed by atoms with van der Waals surface area (Å²) in [5, 5.41) is 29.6. The maximum Gasteiger partial charge on any atom is 0.306 e. The molecule has 0 aromatic carbocycles. The third-order valence-electron chi connectivity index (χ3n) is 9.05. The van der Waals surface area contributed by atoms with Crippen molar-refractivity contribution in [2.45, 2.75) is 225 Å². The predicted molar refractivity (Wildman–Crippen MR) is 190 cm³/mol. The van der Waals surface area contributed by atoms with Crippen molar-refractivity contribution in [2.24, 2.45) is 0 Å². The first kappa shape index (κ1) is 44.8. The molecule has 7 nitrogen and oxygen atoms in total. The lowest BCUT2D eigenvalue weighted by molar-refractivity contribution is -0.161. The lowest BCUT2D eigenvalue weighted by Gasteiger charge is -2.15. The summed E-state index contributed by atoms with van der Waals surface area (Å²) in [5.41, 5.74) is 0. The Balaban J connectivity index is 3.58. The number of esters is 2. The van der Waals surface area contributed by atoms with Crippen molar-refractivity contribution < 1.29 is 34.4 Å². The van der Waals surface area contributed by atoms with E-state index >= 15 is 0 Å². The first-order valence-electron chi connectivity index (χ1n) is 19.7. The van der Waals surface area contributed by atoms with Crippen molar-refractivity contribution in [3.05, 3.63) is 0 Å². The van der Waals surface area contributed by atoms with Gasteiger partial charge in [-0.25, -0.2) is 0 Å². The van der Waals surface area contributed by atoms with Gasteiger partial charge in [0.15, 0.2) is 6.10 Å². The molecule has 274 valence electrons. The molecule has 0 spiro atoms. The number of hydrogen-bond donors (Lipinski definition) is 3. The number of unbranched alkanes of at least 4 members (excludes halogenated alkanes) is 20. The fourth-order valence-corrected chi connectivity index (χ4v) is 5.95. The number of rotatable bonds is 36. The molecular weight excluding hydrogens is 580 g/mol. The summed E-state index contributed by atoms with van der Waals surface area (Å²) in [4.78, 5) is 24.2. The second-order valence-electron chi connectivity index (χ2n) is 13.7. The molecule has 0 bridgehead atoms. The highest BCUT2D eigenvalue weighted by Crippen LogP contribution is 2.16. The van der Waals surface area contributed by atoms with Crippen LogP contribution in [0.2, 0.25) is 0 Å². The molecule has 0 aliphatic rings. The van der Waals surface area contributed by atoms with Crippen molar-refractivity contribution in [3.8, 4) is 0 Å². The van der Waals surface area contributed by atoms with Crippen LogP contribution >= 0.6 is 0 Å². The molecular formula is C39H76O7. The molecule has 0 amide bonds. The van der Waals surface area contributed by atoms with Gasteiger partial charge in [0.2, 0.25) is 0 Å². The van der Waals surface area contributed by atoms with Gasteiger partial charge in [-0.3, -0.25) is 9.59 Å². The van der Waals surface area contributed by atoms with Crippen LogP contribution in [-0.2, 0) is 19.1 Å². The summed E-state index contributed by atoms with van der Waals surface area (Å²) >= 11 is 0. The van der Waals surface area contributed by atoms with Gasteiger partial charge in [-0.1, -0.05) is 155 Å². The van der Waals surface area contributed by atoms with Crippen molar-refractivity contribution in [3.63, 3.8) is 0 Å². The number of aliphatic hydroxyl groups excluding tert-OH is 3. The minimum Gasteiger partial charge on any atom is -0.462 e. The molecule has 0 aliphatic carbocycles. The molecule has 0 aliphatic heterocycles. The molecule has 0 heterocycles. The summed E-state index contributed by atoms with van der Waals surface area (Å²) in [7, 11) is 0. The smallest absolute Gasteiger partial charge is 0.306 e. The second kappa shape index (κ2) is 35.1. The van der Waals surface area contributed by atoms with E-state index in [-0.39, 0.29) is 37.4 Å². The molecule has 0 fully saturated rings. The lowest BCUT2D eigenvalue weighted by atomic mass is 10.0. The number of aliphatic hydroxyl groups is 3. The maximum absolute atomic E-state index is 12.2. The van der Waals surface area contributed by atoms with Crippen LogP contribution < -0.4 is 0 Å². The van der Waals surface area contributed by atoms with Gasteiger partial charge in [0.25, 0.3) is 0 Å². The van der Waals surface area contributed by atoms with Gasteiger partial charge in [-0.05, 0) is 38.5 Å². The van der Waals surface area contributed by atoms with Crippen molar-refractivity contribution in [2.75, 3.05) is 13.2 Å². The molecule has 7 heteroatoms. The van der Waals surface area contributed by atoms with Crippen LogP contribution in [-0.4, -0.2) is 58.8 Å². The molecule has 0 aromatic rings. The quantitative estimate of drug-likeness (QED) is 0.0454. The number of hydrogen-bond acceptors (Lipinski definition) is 7. The summed E-state index contributed by atoms with van der Waals surface area (Å²) in [5.74, 6) is -0.650. The first-order chi connectivity index (χ1) is 22.4. The van der Waals surface area contributed by atoms with Gasteiger partial charge in [0.05, 0.1) is 18.8 Å². The normalized spacial score (nSPS) is 13.4. The third-order valence-corrected chi connectivity index (χ3v) is 9.05. The fraction of sp³-hybridized carbons (Fsp3) is 0.949. The average molecular weight is 657 g/mol. The molecule has 0 rings (SSSR count). The third kappa shape index (κ3) is 32.7. The number of carbonyl (C=O) groups is 2. The SMILES string of the molecule is CCCCCCC(O)CCCCCCCCCCC(=O)OCC(CO)OC(=O)CCCCCCCCCCC(O)CCCCCC. The van der Waals surface area contributed by atoms with E-state index in [0.717, 1.165) is 96.3 Å². The van der Waals surface area contributed by atoms with Crippen molar-refractivity contribution in [1.82, 2.24) is 0 Å². The van der Waals surface area contributed by atoms with Gasteiger partial charge >= 0.3 is 11.9 Å². The summed E-state index contributed by atoms with van der Waals surface area (Å²) in [6.07, 6.45) is 30.6. The summed E-state index contributed by atoms with van der Waals surface area (Å²) < 4.78 is 10.6. The lowest BCUT2D eigenvalue weighted by Crippen LogP contribution is -2.28. The van der Waals surface area contributed by atoms with Gasteiger partial charge in [-0.15, -0.1) is 0 Å². The van der Waals surface area contributed by atoms with Gasteiger partial charge in [0, 0.05) is 12.8 Å². The van der Waals surface area contributed by atoms with E-state index in [9.17, 15) is 24.9 Å². The van der Waals surface area contributed by atoms with E-state index < -0.39 is 6.10 Å². The Kier molecular flexibility index (Phi) is 34.2. The van der Waals surface area contributed by atoms with Gasteiger partial charge < -0.3 is 24.8 Å². The summed E-state index contributed by atoms with van der Waals surface area (Å²) in [6, 6.07) is 0. The largest absolute Gasteiger partial charge is 0.462 e. The van der Waals surface area contributed by atoms with E-state index in [1.54, 1.807) is 0 Å². The Morgan fingerprint density at radius 1 is 0.478 bits per heavy atom. The molecule has 3 unspecified atom stereocenters. The number of carbonyl (C=O) groups excluding carboxylic acids is 2. The molecule has 0 aromatic heterocycles.